The summed E-state index contributed by atoms with van der Waals surface area (Å²) in [5.74, 6) is -0.321. The van der Waals surface area contributed by atoms with Gasteiger partial charge in [-0.1, -0.05) is 48.5 Å². The summed E-state index contributed by atoms with van der Waals surface area (Å²) in [6.45, 7) is -0.848. The Kier molecular flexibility index (Phi) is 7.96. The standard InChI is InChI=1S/C23H23N3O6/c1-29-20-13-21(30-2)26-23(25-20)24-19(27)14-32-22(28)15-31-18-11-7-6-10-17(18)12-16-8-4-3-5-9-16/h3-11,13H,12,14-15H2,1-2H3,(H,24,25,26,27). The first-order valence-electron chi connectivity index (χ1n) is 9.74. The van der Waals surface area contributed by atoms with Gasteiger partial charge in [-0.25, -0.2) is 4.79 Å². The molecule has 0 radical (unpaired) electrons. The molecule has 1 heterocycles. The van der Waals surface area contributed by atoms with Crippen molar-refractivity contribution in [2.24, 2.45) is 0 Å². The van der Waals surface area contributed by atoms with Crippen LogP contribution in [0.25, 0.3) is 0 Å². The molecule has 0 aliphatic heterocycles. The van der Waals surface area contributed by atoms with E-state index in [0.717, 1.165) is 11.1 Å². The second-order valence-corrected chi connectivity index (χ2v) is 6.54. The van der Waals surface area contributed by atoms with Gasteiger partial charge in [0.05, 0.1) is 20.3 Å². The van der Waals surface area contributed by atoms with Crippen LogP contribution in [0.3, 0.4) is 0 Å². The maximum atomic E-state index is 12.1. The number of hydrogen-bond donors (Lipinski definition) is 1. The summed E-state index contributed by atoms with van der Waals surface area (Å²) < 4.78 is 20.6. The van der Waals surface area contributed by atoms with Gasteiger partial charge in [-0.3, -0.25) is 10.1 Å². The SMILES string of the molecule is COc1cc(OC)nc(NC(=O)COC(=O)COc2ccccc2Cc2ccccc2)n1. The second-order valence-electron chi connectivity index (χ2n) is 6.54. The van der Waals surface area contributed by atoms with Crippen molar-refractivity contribution in [3.05, 3.63) is 71.8 Å². The maximum absolute atomic E-state index is 12.1. The van der Waals surface area contributed by atoms with Crippen LogP contribution in [0.1, 0.15) is 11.1 Å². The van der Waals surface area contributed by atoms with Crippen molar-refractivity contribution >= 4 is 17.8 Å². The highest BCUT2D eigenvalue weighted by molar-refractivity contribution is 5.91. The van der Waals surface area contributed by atoms with E-state index >= 15 is 0 Å². The van der Waals surface area contributed by atoms with Crippen LogP contribution < -0.4 is 19.5 Å². The molecule has 0 bridgehead atoms. The predicted octanol–water partition coefficient (Wildman–Crippen LogP) is 2.65. The summed E-state index contributed by atoms with van der Waals surface area (Å²) >= 11 is 0. The normalized spacial score (nSPS) is 10.2. The molecule has 1 aromatic heterocycles. The van der Waals surface area contributed by atoms with E-state index in [4.69, 9.17) is 18.9 Å². The van der Waals surface area contributed by atoms with Gasteiger partial charge in [0, 0.05) is 6.42 Å². The fourth-order valence-electron chi connectivity index (χ4n) is 2.76. The molecule has 0 spiro atoms. The lowest BCUT2D eigenvalue weighted by Crippen LogP contribution is -2.24. The first kappa shape index (κ1) is 22.5. The van der Waals surface area contributed by atoms with Gasteiger partial charge in [0.25, 0.3) is 5.91 Å². The Morgan fingerprint density at radius 1 is 0.875 bits per heavy atom. The molecule has 0 unspecified atom stereocenters. The minimum absolute atomic E-state index is 0.0339. The maximum Gasteiger partial charge on any atom is 0.344 e. The number of amides is 1. The quantitative estimate of drug-likeness (QED) is 0.482. The Labute approximate surface area is 185 Å². The van der Waals surface area contributed by atoms with Gasteiger partial charge >= 0.3 is 5.97 Å². The number of nitrogens with zero attached hydrogens (tertiary/aromatic N) is 2. The van der Waals surface area contributed by atoms with Crippen LogP contribution in [0.4, 0.5) is 5.95 Å². The summed E-state index contributed by atoms with van der Waals surface area (Å²) in [6, 6.07) is 18.8. The highest BCUT2D eigenvalue weighted by Crippen LogP contribution is 2.21. The number of nitrogens with one attached hydrogen (secondary N) is 1. The molecule has 3 rings (SSSR count). The average Bonchev–Trinajstić information content (AvgIpc) is 2.82. The first-order valence-corrected chi connectivity index (χ1v) is 9.74. The largest absolute Gasteiger partial charge is 0.482 e. The third kappa shape index (κ3) is 6.69. The first-order chi connectivity index (χ1) is 15.6. The van der Waals surface area contributed by atoms with E-state index < -0.39 is 18.5 Å². The lowest BCUT2D eigenvalue weighted by atomic mass is 10.0. The van der Waals surface area contributed by atoms with Crippen molar-refractivity contribution in [3.63, 3.8) is 0 Å². The summed E-state index contributed by atoms with van der Waals surface area (Å²) in [7, 11) is 2.85. The van der Waals surface area contributed by atoms with E-state index in [1.54, 1.807) is 6.07 Å². The number of carbonyl (C=O) groups is 2. The second kappa shape index (κ2) is 11.3. The van der Waals surface area contributed by atoms with Gasteiger partial charge in [0.1, 0.15) is 5.75 Å². The Balaban J connectivity index is 1.49. The molecule has 0 aliphatic rings. The minimum atomic E-state index is -0.682. The van der Waals surface area contributed by atoms with Crippen LogP contribution in [0.15, 0.2) is 60.7 Å². The number of carbonyl (C=O) groups excluding carboxylic acids is 2. The molecule has 0 saturated heterocycles. The van der Waals surface area contributed by atoms with E-state index in [0.29, 0.717) is 12.2 Å². The van der Waals surface area contributed by atoms with Gasteiger partial charge in [0.2, 0.25) is 17.7 Å². The summed E-state index contributed by atoms with van der Waals surface area (Å²) in [6.07, 6.45) is 0.665. The van der Waals surface area contributed by atoms with E-state index in [-0.39, 0.29) is 24.3 Å². The number of rotatable bonds is 10. The molecule has 0 atom stereocenters. The fraction of sp³-hybridized carbons (Fsp3) is 0.217. The van der Waals surface area contributed by atoms with E-state index in [9.17, 15) is 9.59 Å². The zero-order valence-corrected chi connectivity index (χ0v) is 17.7. The molecule has 2 aromatic carbocycles. The average molecular weight is 437 g/mol. The van der Waals surface area contributed by atoms with Crippen LogP contribution in [0.5, 0.6) is 17.5 Å². The van der Waals surface area contributed by atoms with Gasteiger partial charge in [-0.2, -0.15) is 9.97 Å². The van der Waals surface area contributed by atoms with Crippen molar-refractivity contribution in [2.45, 2.75) is 6.42 Å². The van der Waals surface area contributed by atoms with Crippen LogP contribution in [0.2, 0.25) is 0 Å². The Bertz CT molecular complexity index is 1040. The lowest BCUT2D eigenvalue weighted by molar-refractivity contribution is -0.149. The number of hydrogen-bond acceptors (Lipinski definition) is 8. The van der Waals surface area contributed by atoms with Gasteiger partial charge in [0.15, 0.2) is 13.2 Å². The Hall–Kier alpha value is -4.14. The van der Waals surface area contributed by atoms with Crippen molar-refractivity contribution < 1.29 is 28.5 Å². The van der Waals surface area contributed by atoms with Crippen molar-refractivity contribution in [1.82, 2.24) is 9.97 Å². The van der Waals surface area contributed by atoms with Crippen molar-refractivity contribution in [3.8, 4) is 17.5 Å². The number of benzene rings is 2. The molecule has 0 aliphatic carbocycles. The highest BCUT2D eigenvalue weighted by atomic mass is 16.6. The molecular weight excluding hydrogens is 414 g/mol. The molecular formula is C23H23N3O6. The summed E-state index contributed by atoms with van der Waals surface area (Å²) in [5, 5.41) is 2.42. The number of methoxy groups -OCH3 is 2. The predicted molar refractivity (Wildman–Crippen MR) is 116 cm³/mol. The lowest BCUT2D eigenvalue weighted by Gasteiger charge is -2.11. The van der Waals surface area contributed by atoms with Crippen LogP contribution in [0, 0.1) is 0 Å². The minimum Gasteiger partial charge on any atom is -0.482 e. The smallest absolute Gasteiger partial charge is 0.344 e. The van der Waals surface area contributed by atoms with Crippen LogP contribution >= 0.6 is 0 Å². The topological polar surface area (TPSA) is 109 Å². The number of anilines is 1. The number of para-hydroxylation sites is 1. The molecule has 166 valence electrons. The monoisotopic (exact) mass is 437 g/mol. The van der Waals surface area contributed by atoms with Gasteiger partial charge < -0.3 is 18.9 Å². The fourth-order valence-corrected chi connectivity index (χ4v) is 2.76. The zero-order valence-electron chi connectivity index (χ0n) is 17.7. The van der Waals surface area contributed by atoms with Crippen molar-refractivity contribution in [2.75, 3.05) is 32.8 Å². The van der Waals surface area contributed by atoms with Gasteiger partial charge in [-0.05, 0) is 17.2 Å². The van der Waals surface area contributed by atoms with E-state index in [2.05, 4.69) is 15.3 Å². The molecule has 9 nitrogen and oxygen atoms in total. The molecule has 9 heteroatoms. The molecule has 0 saturated carbocycles. The number of esters is 1. The molecule has 3 aromatic rings. The summed E-state index contributed by atoms with van der Waals surface area (Å²) in [4.78, 5) is 32.1. The highest BCUT2D eigenvalue weighted by Gasteiger charge is 2.13. The van der Waals surface area contributed by atoms with Crippen LogP contribution in [-0.4, -0.2) is 49.3 Å². The number of aromatic nitrogens is 2. The van der Waals surface area contributed by atoms with Crippen LogP contribution in [-0.2, 0) is 20.7 Å². The third-order valence-electron chi connectivity index (χ3n) is 4.27. The van der Waals surface area contributed by atoms with E-state index in [1.165, 1.54) is 20.3 Å². The van der Waals surface area contributed by atoms with Crippen molar-refractivity contribution in [1.29, 1.82) is 0 Å². The summed E-state index contributed by atoms with van der Waals surface area (Å²) in [5.41, 5.74) is 2.06. The van der Waals surface area contributed by atoms with E-state index in [1.807, 2.05) is 48.5 Å². The zero-order chi connectivity index (χ0) is 22.8. The Morgan fingerprint density at radius 2 is 1.53 bits per heavy atom. The number of ether oxygens (including phenoxy) is 4. The van der Waals surface area contributed by atoms with Gasteiger partial charge in [-0.15, -0.1) is 0 Å². The molecule has 1 amide bonds. The Morgan fingerprint density at radius 3 is 2.22 bits per heavy atom. The third-order valence-corrected chi connectivity index (χ3v) is 4.27. The molecule has 0 fully saturated rings. The molecule has 1 N–H and O–H groups in total. The molecule has 32 heavy (non-hydrogen) atoms.